The summed E-state index contributed by atoms with van der Waals surface area (Å²) in [6, 6.07) is 14.5. The van der Waals surface area contributed by atoms with Gasteiger partial charge in [0.25, 0.3) is 10.9 Å². The Hall–Kier alpha value is -3.64. The van der Waals surface area contributed by atoms with Gasteiger partial charge >= 0.3 is 5.97 Å². The first kappa shape index (κ1) is 19.1. The second kappa shape index (κ2) is 9.34. The number of non-ortho nitro benzene ring substituents is 1. The van der Waals surface area contributed by atoms with Gasteiger partial charge in [0.05, 0.1) is 16.2 Å². The van der Waals surface area contributed by atoms with Crippen molar-refractivity contribution < 1.29 is 18.9 Å². The van der Waals surface area contributed by atoms with Crippen molar-refractivity contribution in [1.82, 2.24) is 10.2 Å². The summed E-state index contributed by atoms with van der Waals surface area (Å²) in [7, 11) is 0. The molecule has 28 heavy (non-hydrogen) atoms. The van der Waals surface area contributed by atoms with E-state index in [1.165, 1.54) is 23.9 Å². The number of ether oxygens (including phenoxy) is 1. The second-order valence-electron chi connectivity index (χ2n) is 5.26. The van der Waals surface area contributed by atoms with Crippen molar-refractivity contribution in [3.05, 3.63) is 70.3 Å². The number of hydrogen-bond acceptors (Lipinski definition) is 8. The van der Waals surface area contributed by atoms with Gasteiger partial charge in [0.2, 0.25) is 5.89 Å². The normalized spacial score (nSPS) is 10.0. The fraction of sp³-hybridized carbons (Fsp3) is 0.105. The van der Waals surface area contributed by atoms with Crippen molar-refractivity contribution >= 4 is 23.4 Å². The summed E-state index contributed by atoms with van der Waals surface area (Å²) >= 11 is 1.24. The maximum Gasteiger partial charge on any atom is 0.339 e. The topological polar surface area (TPSA) is 108 Å². The van der Waals surface area contributed by atoms with Crippen molar-refractivity contribution in [2.24, 2.45) is 0 Å². The standard InChI is InChI=1S/C19H13N3O5S/c23-18(15-6-2-1-3-7-15)26-12-4-5-13-28-19-21-20-17(27-19)14-8-10-16(11-9-14)22(24)25/h1-3,6-11H,12-13H2. The van der Waals surface area contributed by atoms with E-state index in [1.807, 2.05) is 6.07 Å². The number of aromatic nitrogens is 2. The summed E-state index contributed by atoms with van der Waals surface area (Å²) in [4.78, 5) is 21.9. The average molecular weight is 395 g/mol. The minimum atomic E-state index is -0.478. The molecule has 0 unspecified atom stereocenters. The van der Waals surface area contributed by atoms with Crippen LogP contribution in [0.15, 0.2) is 64.2 Å². The van der Waals surface area contributed by atoms with Crippen LogP contribution in [-0.2, 0) is 4.74 Å². The summed E-state index contributed by atoms with van der Waals surface area (Å²) < 4.78 is 10.5. The minimum Gasteiger partial charge on any atom is -0.449 e. The van der Waals surface area contributed by atoms with Crippen LogP contribution in [0.1, 0.15) is 10.4 Å². The first-order valence-corrected chi connectivity index (χ1v) is 9.01. The Morgan fingerprint density at radius 3 is 2.57 bits per heavy atom. The number of carbonyl (C=O) groups is 1. The Morgan fingerprint density at radius 2 is 1.86 bits per heavy atom. The molecular formula is C19H13N3O5S. The number of nitro groups is 1. The number of thioether (sulfide) groups is 1. The van der Waals surface area contributed by atoms with E-state index in [-0.39, 0.29) is 18.2 Å². The highest BCUT2D eigenvalue weighted by molar-refractivity contribution is 7.99. The lowest BCUT2D eigenvalue weighted by Crippen LogP contribution is -2.04. The van der Waals surface area contributed by atoms with Crippen molar-refractivity contribution in [3.63, 3.8) is 0 Å². The Labute approximate surface area is 164 Å². The minimum absolute atomic E-state index is 0.00777. The molecule has 0 aliphatic heterocycles. The Bertz CT molecular complexity index is 1020. The highest BCUT2D eigenvalue weighted by Gasteiger charge is 2.11. The van der Waals surface area contributed by atoms with Crippen molar-refractivity contribution in [2.45, 2.75) is 5.22 Å². The zero-order valence-electron chi connectivity index (χ0n) is 14.4. The molecule has 0 saturated carbocycles. The van der Waals surface area contributed by atoms with Crippen LogP contribution in [0.2, 0.25) is 0 Å². The summed E-state index contributed by atoms with van der Waals surface area (Å²) in [5.41, 5.74) is 1.05. The van der Waals surface area contributed by atoms with Crippen LogP contribution < -0.4 is 0 Å². The molecule has 140 valence electrons. The number of hydrogen-bond donors (Lipinski definition) is 0. The Morgan fingerprint density at radius 1 is 1.11 bits per heavy atom. The van der Waals surface area contributed by atoms with Crippen LogP contribution in [0.25, 0.3) is 11.5 Å². The van der Waals surface area contributed by atoms with Crippen LogP contribution in [0.5, 0.6) is 0 Å². The van der Waals surface area contributed by atoms with E-state index in [2.05, 4.69) is 22.0 Å². The largest absolute Gasteiger partial charge is 0.449 e. The highest BCUT2D eigenvalue weighted by atomic mass is 32.2. The second-order valence-corrected chi connectivity index (χ2v) is 6.19. The first-order chi connectivity index (χ1) is 13.6. The van der Waals surface area contributed by atoms with E-state index >= 15 is 0 Å². The quantitative estimate of drug-likeness (QED) is 0.205. The molecule has 0 aliphatic carbocycles. The van der Waals surface area contributed by atoms with Crippen LogP contribution in [0.3, 0.4) is 0 Å². The predicted octanol–water partition coefficient (Wildman–Crippen LogP) is 3.60. The molecule has 0 spiro atoms. The van der Waals surface area contributed by atoms with Gasteiger partial charge in [-0.2, -0.15) is 0 Å². The molecule has 3 aromatic rings. The van der Waals surface area contributed by atoms with Gasteiger partial charge in [-0.05, 0) is 24.3 Å². The molecule has 1 heterocycles. The van der Waals surface area contributed by atoms with Crippen molar-refractivity contribution in [2.75, 3.05) is 12.4 Å². The van der Waals surface area contributed by atoms with E-state index in [4.69, 9.17) is 9.15 Å². The zero-order chi connectivity index (χ0) is 19.8. The maximum atomic E-state index is 11.7. The lowest BCUT2D eigenvalue weighted by molar-refractivity contribution is -0.384. The zero-order valence-corrected chi connectivity index (χ0v) is 15.2. The molecule has 9 heteroatoms. The summed E-state index contributed by atoms with van der Waals surface area (Å²) in [5.74, 6) is 5.81. The molecule has 3 rings (SSSR count). The van der Waals surface area contributed by atoms with Crippen LogP contribution in [-0.4, -0.2) is 33.4 Å². The maximum absolute atomic E-state index is 11.7. The average Bonchev–Trinajstić information content (AvgIpc) is 3.20. The van der Waals surface area contributed by atoms with E-state index in [1.54, 1.807) is 36.4 Å². The third-order valence-electron chi connectivity index (χ3n) is 3.41. The third-order valence-corrected chi connectivity index (χ3v) is 4.11. The van der Waals surface area contributed by atoms with Gasteiger partial charge in [0, 0.05) is 17.7 Å². The lowest BCUT2D eigenvalue weighted by atomic mass is 10.2. The van der Waals surface area contributed by atoms with Crippen LogP contribution in [0, 0.1) is 22.0 Å². The summed E-state index contributed by atoms with van der Waals surface area (Å²) in [6.07, 6.45) is 0. The van der Waals surface area contributed by atoms with Gasteiger partial charge in [0.1, 0.15) is 0 Å². The monoisotopic (exact) mass is 395 g/mol. The number of nitrogens with zero attached hydrogens (tertiary/aromatic N) is 3. The molecular weight excluding hydrogens is 382 g/mol. The van der Waals surface area contributed by atoms with Gasteiger partial charge in [-0.25, -0.2) is 4.79 Å². The molecule has 0 aliphatic rings. The molecule has 0 saturated heterocycles. The van der Waals surface area contributed by atoms with Gasteiger partial charge in [-0.1, -0.05) is 41.8 Å². The van der Waals surface area contributed by atoms with Gasteiger partial charge in [0.15, 0.2) is 6.61 Å². The van der Waals surface area contributed by atoms with Crippen molar-refractivity contribution in [1.29, 1.82) is 0 Å². The Balaban J connectivity index is 1.46. The number of nitro benzene ring substituents is 1. The lowest BCUT2D eigenvalue weighted by Gasteiger charge is -1.99. The number of rotatable bonds is 6. The SMILES string of the molecule is O=C(OCC#CCSc1nnc(-c2ccc([N+](=O)[O-])cc2)o1)c1ccccc1. The smallest absolute Gasteiger partial charge is 0.339 e. The van der Waals surface area contributed by atoms with Gasteiger partial charge < -0.3 is 9.15 Å². The molecule has 8 nitrogen and oxygen atoms in total. The fourth-order valence-corrected chi connectivity index (χ4v) is 2.60. The molecule has 0 atom stereocenters. The molecule has 0 fully saturated rings. The number of carbonyl (C=O) groups excluding carboxylic acids is 1. The third kappa shape index (κ3) is 5.18. The molecule has 0 amide bonds. The Kier molecular flexibility index (Phi) is 6.38. The first-order valence-electron chi connectivity index (χ1n) is 8.02. The molecule has 1 aromatic heterocycles. The van der Waals surface area contributed by atoms with E-state index in [0.717, 1.165) is 0 Å². The molecule has 0 bridgehead atoms. The van der Waals surface area contributed by atoms with E-state index < -0.39 is 10.9 Å². The summed E-state index contributed by atoms with van der Waals surface area (Å²) in [5, 5.41) is 18.8. The number of benzene rings is 2. The summed E-state index contributed by atoms with van der Waals surface area (Å²) in [6.45, 7) is -0.00777. The predicted molar refractivity (Wildman–Crippen MR) is 102 cm³/mol. The van der Waals surface area contributed by atoms with E-state index in [9.17, 15) is 14.9 Å². The van der Waals surface area contributed by atoms with Gasteiger partial charge in [-0.3, -0.25) is 10.1 Å². The molecule has 2 aromatic carbocycles. The highest BCUT2D eigenvalue weighted by Crippen LogP contribution is 2.24. The van der Waals surface area contributed by atoms with Crippen LogP contribution in [0.4, 0.5) is 5.69 Å². The van der Waals surface area contributed by atoms with Crippen LogP contribution >= 0.6 is 11.8 Å². The molecule has 0 N–H and O–H groups in total. The fourth-order valence-electron chi connectivity index (χ4n) is 2.07. The van der Waals surface area contributed by atoms with Crippen molar-refractivity contribution in [3.8, 4) is 23.3 Å². The van der Waals surface area contributed by atoms with Gasteiger partial charge in [-0.15, -0.1) is 10.2 Å². The van der Waals surface area contributed by atoms with E-state index in [0.29, 0.717) is 22.1 Å². The molecule has 0 radical (unpaired) electrons. The number of esters is 1.